The number of benzene rings is 1. The highest BCUT2D eigenvalue weighted by Gasteiger charge is 2.16. The Labute approximate surface area is 106 Å². The van der Waals surface area contributed by atoms with Crippen molar-refractivity contribution in [1.82, 2.24) is 0 Å². The molecule has 0 amide bonds. The van der Waals surface area contributed by atoms with Crippen molar-refractivity contribution in [1.29, 1.82) is 0 Å². The Kier molecular flexibility index (Phi) is 5.10. The molecule has 0 radical (unpaired) electrons. The zero-order chi connectivity index (χ0) is 12.1. The van der Waals surface area contributed by atoms with Crippen molar-refractivity contribution in [2.75, 3.05) is 0 Å². The van der Waals surface area contributed by atoms with Gasteiger partial charge in [-0.1, -0.05) is 49.5 Å². The van der Waals surface area contributed by atoms with Crippen LogP contribution in [0.5, 0.6) is 5.75 Å². The van der Waals surface area contributed by atoms with Gasteiger partial charge < -0.3 is 4.74 Å². The van der Waals surface area contributed by atoms with Crippen LogP contribution in [0.4, 0.5) is 0 Å². The highest BCUT2D eigenvalue weighted by Crippen LogP contribution is 2.32. The normalized spacial score (nSPS) is 12.2. The average Bonchev–Trinajstić information content (AvgIpc) is 2.25. The monoisotopic (exact) mass is 260 g/mol. The van der Waals surface area contributed by atoms with E-state index >= 15 is 0 Å². The van der Waals surface area contributed by atoms with Crippen LogP contribution in [-0.4, -0.2) is 5.97 Å². The quantitative estimate of drug-likeness (QED) is 0.595. The molecule has 2 nitrogen and oxygen atoms in total. The number of rotatable bonds is 4. The van der Waals surface area contributed by atoms with E-state index in [9.17, 15) is 4.79 Å². The van der Waals surface area contributed by atoms with Gasteiger partial charge in [0.05, 0.1) is 10.9 Å². The van der Waals surface area contributed by atoms with Crippen molar-refractivity contribution in [3.63, 3.8) is 0 Å². The Hall–Kier alpha value is -0.730. The molecular formula is C12H14Cl2O2. The Morgan fingerprint density at radius 2 is 2.12 bits per heavy atom. The predicted molar refractivity (Wildman–Crippen MR) is 66.2 cm³/mol. The zero-order valence-electron chi connectivity index (χ0n) is 9.30. The highest BCUT2D eigenvalue weighted by molar-refractivity contribution is 6.43. The van der Waals surface area contributed by atoms with Gasteiger partial charge in [0, 0.05) is 0 Å². The Balaban J connectivity index is 2.73. The van der Waals surface area contributed by atoms with Gasteiger partial charge >= 0.3 is 5.97 Å². The number of esters is 1. The summed E-state index contributed by atoms with van der Waals surface area (Å²) in [6.45, 7) is 3.86. The van der Waals surface area contributed by atoms with Gasteiger partial charge in [-0.2, -0.15) is 0 Å². The van der Waals surface area contributed by atoms with E-state index in [1.54, 1.807) is 18.2 Å². The summed E-state index contributed by atoms with van der Waals surface area (Å²) < 4.78 is 5.18. The minimum atomic E-state index is -0.272. The minimum Gasteiger partial charge on any atom is -0.425 e. The maximum absolute atomic E-state index is 11.6. The zero-order valence-corrected chi connectivity index (χ0v) is 10.8. The van der Waals surface area contributed by atoms with Gasteiger partial charge in [0.1, 0.15) is 5.02 Å². The Bertz CT molecular complexity index is 377. The summed E-state index contributed by atoms with van der Waals surface area (Å²) in [7, 11) is 0. The molecule has 0 aliphatic carbocycles. The lowest BCUT2D eigenvalue weighted by Crippen LogP contribution is -2.17. The maximum atomic E-state index is 11.6. The molecule has 0 bridgehead atoms. The summed E-state index contributed by atoms with van der Waals surface area (Å²) in [5.41, 5.74) is 0. The van der Waals surface area contributed by atoms with Gasteiger partial charge in [-0.05, 0) is 18.6 Å². The van der Waals surface area contributed by atoms with E-state index < -0.39 is 0 Å². The third-order valence-electron chi connectivity index (χ3n) is 2.25. The summed E-state index contributed by atoms with van der Waals surface area (Å²) in [6, 6.07) is 4.97. The molecule has 0 aromatic heterocycles. The third-order valence-corrected chi connectivity index (χ3v) is 3.05. The fourth-order valence-electron chi connectivity index (χ4n) is 1.32. The number of hydrogen-bond donors (Lipinski definition) is 0. The van der Waals surface area contributed by atoms with Crippen molar-refractivity contribution in [2.24, 2.45) is 5.92 Å². The van der Waals surface area contributed by atoms with Gasteiger partial charge in [-0.15, -0.1) is 0 Å². The number of ether oxygens (including phenoxy) is 1. The standard InChI is InChI=1S/C12H14Cl2O2/c1-3-5-8(2)12(15)16-10-7-4-6-9(13)11(10)14/h4,6-8H,3,5H2,1-2H3. The molecule has 0 aliphatic rings. The summed E-state index contributed by atoms with van der Waals surface area (Å²) in [5, 5.41) is 0.663. The topological polar surface area (TPSA) is 26.3 Å². The molecule has 0 N–H and O–H groups in total. The number of hydrogen-bond acceptors (Lipinski definition) is 2. The molecule has 1 aromatic rings. The van der Waals surface area contributed by atoms with Crippen LogP contribution in [0.25, 0.3) is 0 Å². The van der Waals surface area contributed by atoms with Crippen molar-refractivity contribution in [3.8, 4) is 5.75 Å². The lowest BCUT2D eigenvalue weighted by atomic mass is 10.1. The van der Waals surface area contributed by atoms with E-state index in [0.717, 1.165) is 12.8 Å². The first kappa shape index (κ1) is 13.3. The van der Waals surface area contributed by atoms with Crippen LogP contribution >= 0.6 is 23.2 Å². The maximum Gasteiger partial charge on any atom is 0.314 e. The fraction of sp³-hybridized carbons (Fsp3) is 0.417. The molecule has 0 heterocycles. The summed E-state index contributed by atoms with van der Waals surface area (Å²) in [6.07, 6.45) is 1.75. The molecule has 0 aliphatic heterocycles. The number of carbonyl (C=O) groups excluding carboxylic acids is 1. The van der Waals surface area contributed by atoms with Crippen LogP contribution in [0.3, 0.4) is 0 Å². The third kappa shape index (κ3) is 3.39. The van der Waals surface area contributed by atoms with Crippen molar-refractivity contribution in [2.45, 2.75) is 26.7 Å². The number of carbonyl (C=O) groups is 1. The van der Waals surface area contributed by atoms with Crippen molar-refractivity contribution >= 4 is 29.2 Å². The van der Waals surface area contributed by atoms with E-state index in [4.69, 9.17) is 27.9 Å². The second kappa shape index (κ2) is 6.12. The van der Waals surface area contributed by atoms with Crippen LogP contribution in [0, 0.1) is 5.92 Å². The van der Waals surface area contributed by atoms with Crippen LogP contribution in [0.1, 0.15) is 26.7 Å². The molecular weight excluding hydrogens is 247 g/mol. The highest BCUT2D eigenvalue weighted by atomic mass is 35.5. The largest absolute Gasteiger partial charge is 0.425 e. The van der Waals surface area contributed by atoms with Crippen molar-refractivity contribution < 1.29 is 9.53 Å². The van der Waals surface area contributed by atoms with Gasteiger partial charge in [-0.3, -0.25) is 4.79 Å². The molecule has 1 atom stereocenters. The van der Waals surface area contributed by atoms with E-state index in [-0.39, 0.29) is 16.9 Å². The molecule has 16 heavy (non-hydrogen) atoms. The summed E-state index contributed by atoms with van der Waals surface area (Å²) >= 11 is 11.7. The SMILES string of the molecule is CCCC(C)C(=O)Oc1cccc(Cl)c1Cl. The molecule has 4 heteroatoms. The molecule has 1 aromatic carbocycles. The first-order valence-electron chi connectivity index (χ1n) is 5.22. The van der Waals surface area contributed by atoms with Crippen LogP contribution in [0.15, 0.2) is 18.2 Å². The number of halogens is 2. The summed E-state index contributed by atoms with van der Waals surface area (Å²) in [4.78, 5) is 11.6. The van der Waals surface area contributed by atoms with E-state index in [0.29, 0.717) is 10.8 Å². The van der Waals surface area contributed by atoms with E-state index in [1.807, 2.05) is 13.8 Å². The smallest absolute Gasteiger partial charge is 0.314 e. The van der Waals surface area contributed by atoms with E-state index in [2.05, 4.69) is 0 Å². The lowest BCUT2D eigenvalue weighted by Gasteiger charge is -2.11. The van der Waals surface area contributed by atoms with Crippen LogP contribution in [0.2, 0.25) is 10.0 Å². The van der Waals surface area contributed by atoms with E-state index in [1.165, 1.54) is 0 Å². The van der Waals surface area contributed by atoms with Crippen molar-refractivity contribution in [3.05, 3.63) is 28.2 Å². The molecule has 0 fully saturated rings. The molecule has 0 saturated carbocycles. The second-order valence-corrected chi connectivity index (χ2v) is 4.45. The molecule has 1 unspecified atom stereocenters. The van der Waals surface area contributed by atoms with Gasteiger partial charge in [0.2, 0.25) is 0 Å². The summed E-state index contributed by atoms with van der Waals surface area (Å²) in [5.74, 6) is -0.0758. The predicted octanol–water partition coefficient (Wildman–Crippen LogP) is 4.34. The van der Waals surface area contributed by atoms with Crippen LogP contribution in [-0.2, 0) is 4.79 Å². The molecule has 1 rings (SSSR count). The van der Waals surface area contributed by atoms with Gasteiger partial charge in [-0.25, -0.2) is 0 Å². The average molecular weight is 261 g/mol. The van der Waals surface area contributed by atoms with Crippen LogP contribution < -0.4 is 4.74 Å². The van der Waals surface area contributed by atoms with Gasteiger partial charge in [0.15, 0.2) is 5.75 Å². The lowest BCUT2D eigenvalue weighted by molar-refractivity contribution is -0.138. The first-order valence-corrected chi connectivity index (χ1v) is 5.97. The minimum absolute atomic E-state index is 0.125. The second-order valence-electron chi connectivity index (χ2n) is 3.66. The Morgan fingerprint density at radius 1 is 1.44 bits per heavy atom. The molecule has 0 saturated heterocycles. The molecule has 88 valence electrons. The Morgan fingerprint density at radius 3 is 2.75 bits per heavy atom. The fourth-order valence-corrected chi connectivity index (χ4v) is 1.65. The van der Waals surface area contributed by atoms with Gasteiger partial charge in [0.25, 0.3) is 0 Å². The first-order chi connectivity index (χ1) is 7.56. The molecule has 0 spiro atoms.